The van der Waals surface area contributed by atoms with E-state index >= 15 is 0 Å². The lowest BCUT2D eigenvalue weighted by Gasteiger charge is -2.45. The Morgan fingerprint density at radius 1 is 0.750 bits per heavy atom. The first kappa shape index (κ1) is 10.7. The van der Waals surface area contributed by atoms with Crippen molar-refractivity contribution < 1.29 is 0 Å². The molecule has 0 fully saturated rings. The second-order valence-corrected chi connectivity index (χ2v) is 4.67. The van der Waals surface area contributed by atoms with Crippen LogP contribution >= 0.6 is 0 Å². The van der Waals surface area contributed by atoms with Crippen LogP contribution < -0.4 is 0 Å². The lowest BCUT2D eigenvalue weighted by atomic mass is 9.55. The zero-order valence-corrected chi connectivity index (χ0v) is 10.0. The molecule has 0 atom stereocenters. The molecule has 0 amide bonds. The van der Waals surface area contributed by atoms with Crippen LogP contribution in [-0.2, 0) is 0 Å². The van der Waals surface area contributed by atoms with Crippen molar-refractivity contribution in [3.63, 3.8) is 0 Å². The Balaban J connectivity index is 2.87. The van der Waals surface area contributed by atoms with E-state index in [-0.39, 0.29) is 0 Å². The van der Waals surface area contributed by atoms with Crippen molar-refractivity contribution in [3.8, 4) is 12.1 Å². The molecule has 80 valence electrons. The summed E-state index contributed by atoms with van der Waals surface area (Å²) in [6, 6.07) is 4.79. The Labute approximate surface area is 96.2 Å². The molecule has 3 aliphatic carbocycles. The molecule has 3 rings (SSSR count). The van der Waals surface area contributed by atoms with Gasteiger partial charge in [-0.1, -0.05) is 12.2 Å². The summed E-state index contributed by atoms with van der Waals surface area (Å²) >= 11 is 0. The topological polar surface area (TPSA) is 47.6 Å². The molecular weight excluding hydrogens is 196 g/mol. The third kappa shape index (κ3) is 0.820. The molecule has 0 heterocycles. The third-order valence-electron chi connectivity index (χ3n) is 4.43. The Hall–Kier alpha value is -1.80. The molecule has 0 radical (unpaired) electrons. The van der Waals surface area contributed by atoms with Gasteiger partial charge in [0.2, 0.25) is 0 Å². The summed E-state index contributed by atoms with van der Waals surface area (Å²) in [6.07, 6.45) is 3.78. The van der Waals surface area contributed by atoms with Gasteiger partial charge in [-0.2, -0.15) is 10.5 Å². The fraction of sp³-hybridized carbons (Fsp3) is 0.429. The van der Waals surface area contributed by atoms with Crippen LogP contribution in [0.5, 0.6) is 0 Å². The van der Waals surface area contributed by atoms with Gasteiger partial charge in [0.1, 0.15) is 10.8 Å². The summed E-state index contributed by atoms with van der Waals surface area (Å²) in [5.74, 6) is 0. The zero-order chi connectivity index (χ0) is 12.1. The van der Waals surface area contributed by atoms with Crippen molar-refractivity contribution in [1.82, 2.24) is 0 Å². The zero-order valence-electron chi connectivity index (χ0n) is 10.0. The summed E-state index contributed by atoms with van der Waals surface area (Å²) in [7, 11) is 0. The summed E-state index contributed by atoms with van der Waals surface area (Å²) in [4.78, 5) is 0. The minimum atomic E-state index is -0.604. The lowest BCUT2D eigenvalue weighted by Crippen LogP contribution is -2.38. The van der Waals surface area contributed by atoms with Gasteiger partial charge >= 0.3 is 0 Å². The number of nitriles is 2. The van der Waals surface area contributed by atoms with Crippen molar-refractivity contribution in [2.75, 3.05) is 0 Å². The first-order valence-electron chi connectivity index (χ1n) is 5.36. The van der Waals surface area contributed by atoms with Crippen LogP contribution in [0.3, 0.4) is 0 Å². The molecule has 0 saturated heterocycles. The number of hydrogen-bond donors (Lipinski definition) is 0. The van der Waals surface area contributed by atoms with Gasteiger partial charge in [-0.25, -0.2) is 0 Å². The first-order valence-corrected chi connectivity index (χ1v) is 5.36. The van der Waals surface area contributed by atoms with Crippen molar-refractivity contribution in [3.05, 3.63) is 34.4 Å². The minimum Gasteiger partial charge on any atom is -0.197 e. The highest BCUT2D eigenvalue weighted by Crippen LogP contribution is 2.57. The van der Waals surface area contributed by atoms with Crippen molar-refractivity contribution in [1.29, 1.82) is 10.5 Å². The van der Waals surface area contributed by atoms with E-state index in [0.717, 1.165) is 22.3 Å². The van der Waals surface area contributed by atoms with Gasteiger partial charge in [-0.3, -0.25) is 0 Å². The van der Waals surface area contributed by atoms with Gasteiger partial charge < -0.3 is 0 Å². The van der Waals surface area contributed by atoms with Crippen molar-refractivity contribution >= 4 is 0 Å². The van der Waals surface area contributed by atoms with Gasteiger partial charge in [-0.15, -0.1) is 0 Å². The predicted molar refractivity (Wildman–Crippen MR) is 62.0 cm³/mol. The molecule has 0 N–H and O–H groups in total. The fourth-order valence-electron chi connectivity index (χ4n) is 2.91. The van der Waals surface area contributed by atoms with Gasteiger partial charge in [0, 0.05) is 0 Å². The van der Waals surface area contributed by atoms with Crippen LogP contribution in [0, 0.1) is 33.5 Å². The molecule has 0 aromatic carbocycles. The van der Waals surface area contributed by atoms with Gasteiger partial charge in [0.25, 0.3) is 0 Å². The van der Waals surface area contributed by atoms with E-state index in [2.05, 4.69) is 12.1 Å². The predicted octanol–water partition coefficient (Wildman–Crippen LogP) is 3.26. The second kappa shape index (κ2) is 2.86. The molecule has 2 heteroatoms. The van der Waals surface area contributed by atoms with Gasteiger partial charge in [0.05, 0.1) is 12.1 Å². The summed E-state index contributed by atoms with van der Waals surface area (Å²) in [5, 5.41) is 18.9. The van der Waals surface area contributed by atoms with Gasteiger partial charge in [-0.05, 0) is 50.0 Å². The van der Waals surface area contributed by atoms with E-state index in [1.54, 1.807) is 0 Å². The van der Waals surface area contributed by atoms with Crippen LogP contribution in [0.25, 0.3) is 0 Å². The fourth-order valence-corrected chi connectivity index (χ4v) is 2.91. The SMILES string of the molecule is CC1=C(C)C2(C#N)C=CC1(C#N)C(C)=C2C. The monoisotopic (exact) mass is 210 g/mol. The Morgan fingerprint density at radius 2 is 1.00 bits per heavy atom. The number of hydrogen-bond acceptors (Lipinski definition) is 2. The maximum atomic E-state index is 9.45. The quantitative estimate of drug-likeness (QED) is 0.576. The first-order chi connectivity index (χ1) is 7.46. The van der Waals surface area contributed by atoms with E-state index < -0.39 is 10.8 Å². The minimum absolute atomic E-state index is 0.604. The molecule has 2 nitrogen and oxygen atoms in total. The smallest absolute Gasteiger partial charge is 0.117 e. The molecule has 2 bridgehead atoms. The summed E-state index contributed by atoms with van der Waals surface area (Å²) in [5.41, 5.74) is 2.85. The summed E-state index contributed by atoms with van der Waals surface area (Å²) in [6.45, 7) is 7.85. The second-order valence-electron chi connectivity index (χ2n) is 4.67. The molecule has 0 spiro atoms. The maximum absolute atomic E-state index is 9.45. The van der Waals surface area contributed by atoms with E-state index in [1.165, 1.54) is 0 Å². The van der Waals surface area contributed by atoms with Crippen molar-refractivity contribution in [2.45, 2.75) is 27.7 Å². The van der Waals surface area contributed by atoms with Crippen LogP contribution in [0.2, 0.25) is 0 Å². The molecule has 16 heavy (non-hydrogen) atoms. The van der Waals surface area contributed by atoms with Crippen LogP contribution in [0.15, 0.2) is 34.4 Å². The Bertz CT molecular complexity index is 470. The van der Waals surface area contributed by atoms with Crippen LogP contribution in [-0.4, -0.2) is 0 Å². The molecule has 3 aliphatic rings. The third-order valence-corrected chi connectivity index (χ3v) is 4.43. The normalized spacial score (nSPS) is 36.4. The molecule has 0 saturated carbocycles. The Morgan fingerprint density at radius 3 is 1.19 bits per heavy atom. The van der Waals surface area contributed by atoms with Crippen LogP contribution in [0.1, 0.15) is 27.7 Å². The largest absolute Gasteiger partial charge is 0.197 e. The van der Waals surface area contributed by atoms with E-state index in [0.29, 0.717) is 0 Å². The average Bonchev–Trinajstić information content (AvgIpc) is 2.31. The Kier molecular flexibility index (Phi) is 1.92. The van der Waals surface area contributed by atoms with E-state index in [9.17, 15) is 10.5 Å². The average molecular weight is 210 g/mol. The lowest BCUT2D eigenvalue weighted by molar-refractivity contribution is 0.535. The standard InChI is InChI=1S/C14H14N2/c1-9-10(2)14(8-16)6-5-13(9,7-15)11(3)12(14)4/h5-6H,1-4H3. The highest BCUT2D eigenvalue weighted by molar-refractivity contribution is 5.63. The summed E-state index contributed by atoms with van der Waals surface area (Å²) < 4.78 is 0. The van der Waals surface area contributed by atoms with E-state index in [4.69, 9.17) is 0 Å². The van der Waals surface area contributed by atoms with Crippen LogP contribution in [0.4, 0.5) is 0 Å². The molecule has 0 aromatic rings. The molecular formula is C14H14N2. The molecule has 0 unspecified atom stereocenters. The molecule has 0 aliphatic heterocycles. The number of rotatable bonds is 0. The molecule has 0 aromatic heterocycles. The van der Waals surface area contributed by atoms with Crippen molar-refractivity contribution in [2.24, 2.45) is 10.8 Å². The highest BCUT2D eigenvalue weighted by Gasteiger charge is 2.50. The highest BCUT2D eigenvalue weighted by atomic mass is 14.5. The number of nitrogens with zero attached hydrogens (tertiary/aromatic N) is 2. The van der Waals surface area contributed by atoms with E-state index in [1.807, 2.05) is 39.8 Å². The number of allylic oxidation sites excluding steroid dienone is 6. The van der Waals surface area contributed by atoms with Gasteiger partial charge in [0.15, 0.2) is 0 Å². The maximum Gasteiger partial charge on any atom is 0.117 e.